The summed E-state index contributed by atoms with van der Waals surface area (Å²) in [6.45, 7) is 13.2. The predicted molar refractivity (Wildman–Crippen MR) is 99.2 cm³/mol. The lowest BCUT2D eigenvalue weighted by molar-refractivity contribution is -0.129. The largest absolute Gasteiger partial charge is 0.392 e. The number of amides is 1. The van der Waals surface area contributed by atoms with Gasteiger partial charge >= 0.3 is 0 Å². The van der Waals surface area contributed by atoms with Crippen LogP contribution in [0.3, 0.4) is 0 Å². The van der Waals surface area contributed by atoms with Gasteiger partial charge in [0, 0.05) is 10.3 Å². The number of aliphatic hydroxyl groups is 1. The van der Waals surface area contributed by atoms with Gasteiger partial charge in [0.15, 0.2) is 0 Å². The van der Waals surface area contributed by atoms with Crippen molar-refractivity contribution >= 4 is 16.7 Å². The van der Waals surface area contributed by atoms with Gasteiger partial charge in [0.05, 0.1) is 28.7 Å². The lowest BCUT2D eigenvalue weighted by Crippen LogP contribution is -2.37. The molecule has 4 nitrogen and oxygen atoms in total. The van der Waals surface area contributed by atoms with Crippen LogP contribution in [0.15, 0.2) is 29.2 Å². The first-order valence-corrected chi connectivity index (χ1v) is 9.62. The maximum atomic E-state index is 12.7. The van der Waals surface area contributed by atoms with Crippen molar-refractivity contribution in [3.05, 3.63) is 29.8 Å². The van der Waals surface area contributed by atoms with Gasteiger partial charge in [-0.2, -0.15) is 0 Å². The van der Waals surface area contributed by atoms with E-state index in [9.17, 15) is 14.1 Å². The van der Waals surface area contributed by atoms with Crippen molar-refractivity contribution in [2.24, 2.45) is 10.8 Å². The van der Waals surface area contributed by atoms with Crippen LogP contribution in [-0.4, -0.2) is 27.1 Å². The van der Waals surface area contributed by atoms with Gasteiger partial charge in [-0.1, -0.05) is 59.7 Å². The minimum absolute atomic E-state index is 0.0506. The van der Waals surface area contributed by atoms with E-state index in [0.717, 1.165) is 5.56 Å². The fourth-order valence-corrected chi connectivity index (χ4v) is 3.72. The summed E-state index contributed by atoms with van der Waals surface area (Å²) in [6, 6.07) is 7.14. The molecule has 1 aromatic rings. The Morgan fingerprint density at radius 3 is 2.21 bits per heavy atom. The summed E-state index contributed by atoms with van der Waals surface area (Å²) >= 11 is 0. The van der Waals surface area contributed by atoms with Crippen LogP contribution in [0.5, 0.6) is 0 Å². The number of rotatable bonds is 5. The Morgan fingerprint density at radius 2 is 1.71 bits per heavy atom. The second kappa shape index (κ2) is 7.79. The first-order chi connectivity index (χ1) is 10.8. The Morgan fingerprint density at radius 1 is 1.17 bits per heavy atom. The first-order valence-electron chi connectivity index (χ1n) is 8.30. The molecular weight excluding hydrogens is 322 g/mol. The molecule has 0 fully saturated rings. The highest BCUT2D eigenvalue weighted by atomic mass is 32.2. The Balaban J connectivity index is 2.99. The minimum atomic E-state index is -1.33. The van der Waals surface area contributed by atoms with Gasteiger partial charge in [-0.3, -0.25) is 9.00 Å². The van der Waals surface area contributed by atoms with Gasteiger partial charge in [0.2, 0.25) is 5.91 Å². The summed E-state index contributed by atoms with van der Waals surface area (Å²) in [7, 11) is -1.33. The summed E-state index contributed by atoms with van der Waals surface area (Å²) in [5, 5.41) is 13.2. The fourth-order valence-electron chi connectivity index (χ4n) is 2.02. The van der Waals surface area contributed by atoms with E-state index in [1.165, 1.54) is 0 Å². The van der Waals surface area contributed by atoms with Gasteiger partial charge in [0.25, 0.3) is 0 Å². The van der Waals surface area contributed by atoms with Crippen LogP contribution in [-0.2, 0) is 15.6 Å². The highest BCUT2D eigenvalue weighted by molar-refractivity contribution is 7.85. The van der Waals surface area contributed by atoms with Crippen LogP contribution in [0.1, 0.15) is 60.1 Å². The van der Waals surface area contributed by atoms with Crippen LogP contribution in [0, 0.1) is 10.8 Å². The maximum Gasteiger partial charge on any atom is 0.225 e. The summed E-state index contributed by atoms with van der Waals surface area (Å²) in [6.07, 6.45) is -0.661. The first kappa shape index (κ1) is 20.8. The lowest BCUT2D eigenvalue weighted by Gasteiger charge is -2.26. The highest BCUT2D eigenvalue weighted by Gasteiger charge is 2.27. The molecule has 0 aliphatic heterocycles. The third-order valence-corrected chi connectivity index (χ3v) is 5.45. The number of nitrogens with one attached hydrogen (secondary N) is 1. The molecule has 0 aromatic heterocycles. The zero-order chi connectivity index (χ0) is 18.7. The molecule has 3 atom stereocenters. The SMILES string of the molecule is C[C@@H](NC(=O)C(C)(C)C)c1ccccc1S(=O)C[C@@H](O)C(C)(C)C. The summed E-state index contributed by atoms with van der Waals surface area (Å²) in [4.78, 5) is 12.9. The van der Waals surface area contributed by atoms with Crippen LogP contribution >= 0.6 is 0 Å². The van der Waals surface area contributed by atoms with Crippen LogP contribution < -0.4 is 5.32 Å². The zero-order valence-electron chi connectivity index (χ0n) is 15.8. The monoisotopic (exact) mass is 353 g/mol. The van der Waals surface area contributed by atoms with Gasteiger partial charge in [-0.05, 0) is 24.0 Å². The van der Waals surface area contributed by atoms with Crippen molar-refractivity contribution in [3.8, 4) is 0 Å². The van der Waals surface area contributed by atoms with Crippen LogP contribution in [0.25, 0.3) is 0 Å². The number of aliphatic hydroxyl groups excluding tert-OH is 1. The molecule has 1 unspecified atom stereocenters. The standard InChI is InChI=1S/C19H31NO3S/c1-13(20-17(22)19(5,6)7)14-10-8-9-11-15(14)24(23)12-16(21)18(2,3)4/h8-11,13,16,21H,12H2,1-7H3,(H,20,22)/t13-,16-,24?/m1/s1. The third-order valence-electron chi connectivity index (χ3n) is 3.97. The molecule has 2 N–H and O–H groups in total. The second-order valence-corrected chi connectivity index (χ2v) is 9.84. The number of benzene rings is 1. The summed E-state index contributed by atoms with van der Waals surface area (Å²) in [5.74, 6) is 0.130. The molecule has 0 aliphatic carbocycles. The van der Waals surface area contributed by atoms with E-state index in [4.69, 9.17) is 0 Å². The molecule has 1 aromatic carbocycles. The number of hydrogen-bond donors (Lipinski definition) is 2. The molecule has 0 spiro atoms. The Bertz CT molecular complexity index is 599. The molecule has 0 saturated heterocycles. The Hall–Kier alpha value is -1.20. The topological polar surface area (TPSA) is 66.4 Å². The van der Waals surface area contributed by atoms with E-state index >= 15 is 0 Å². The van der Waals surface area contributed by atoms with Gasteiger partial charge < -0.3 is 10.4 Å². The normalized spacial score (nSPS) is 16.3. The van der Waals surface area contributed by atoms with E-state index < -0.39 is 22.3 Å². The van der Waals surface area contributed by atoms with E-state index in [-0.39, 0.29) is 23.1 Å². The molecule has 0 aliphatic rings. The molecular formula is C19H31NO3S. The fraction of sp³-hybridized carbons (Fsp3) is 0.632. The minimum Gasteiger partial charge on any atom is -0.392 e. The van der Waals surface area contributed by atoms with Crippen LogP contribution in [0.4, 0.5) is 0 Å². The zero-order valence-corrected chi connectivity index (χ0v) is 16.7. The average Bonchev–Trinajstić information content (AvgIpc) is 2.45. The van der Waals surface area contributed by atoms with Crippen molar-refractivity contribution in [2.45, 2.75) is 65.5 Å². The average molecular weight is 354 g/mol. The number of hydrogen-bond acceptors (Lipinski definition) is 3. The van der Waals surface area contributed by atoms with Gasteiger partial charge in [0.1, 0.15) is 0 Å². The quantitative estimate of drug-likeness (QED) is 0.852. The third kappa shape index (κ3) is 5.71. The molecule has 24 heavy (non-hydrogen) atoms. The van der Waals surface area contributed by atoms with Gasteiger partial charge in [-0.25, -0.2) is 0 Å². The maximum absolute atomic E-state index is 12.7. The van der Waals surface area contributed by atoms with Gasteiger partial charge in [-0.15, -0.1) is 0 Å². The van der Waals surface area contributed by atoms with Crippen molar-refractivity contribution in [1.29, 1.82) is 0 Å². The molecule has 0 radical (unpaired) electrons. The molecule has 1 rings (SSSR count). The summed E-state index contributed by atoms with van der Waals surface area (Å²) in [5.41, 5.74) is 0.0242. The van der Waals surface area contributed by atoms with E-state index in [1.807, 2.05) is 66.7 Å². The number of carbonyl (C=O) groups is 1. The highest BCUT2D eigenvalue weighted by Crippen LogP contribution is 2.26. The van der Waals surface area contributed by atoms with E-state index in [0.29, 0.717) is 4.90 Å². The van der Waals surface area contributed by atoms with Crippen molar-refractivity contribution in [3.63, 3.8) is 0 Å². The van der Waals surface area contributed by atoms with Crippen molar-refractivity contribution < 1.29 is 14.1 Å². The predicted octanol–water partition coefficient (Wildman–Crippen LogP) is 3.42. The molecule has 0 heterocycles. The summed E-state index contributed by atoms with van der Waals surface area (Å²) < 4.78 is 12.7. The molecule has 5 heteroatoms. The van der Waals surface area contributed by atoms with Crippen molar-refractivity contribution in [2.75, 3.05) is 5.75 Å². The lowest BCUT2D eigenvalue weighted by atomic mass is 9.90. The number of carbonyl (C=O) groups excluding carboxylic acids is 1. The smallest absolute Gasteiger partial charge is 0.225 e. The van der Waals surface area contributed by atoms with E-state index in [2.05, 4.69) is 5.32 Å². The van der Waals surface area contributed by atoms with E-state index in [1.54, 1.807) is 6.07 Å². The molecule has 136 valence electrons. The molecule has 1 amide bonds. The molecule has 0 bridgehead atoms. The Kier molecular flexibility index (Phi) is 6.76. The van der Waals surface area contributed by atoms with Crippen molar-refractivity contribution in [1.82, 2.24) is 5.32 Å². The van der Waals surface area contributed by atoms with Crippen LogP contribution in [0.2, 0.25) is 0 Å². The molecule has 0 saturated carbocycles. The second-order valence-electron chi connectivity index (χ2n) is 8.38. The Labute approximate surface area is 148 Å².